The number of morpholine rings is 1. The van der Waals surface area contributed by atoms with Crippen LogP contribution in [-0.2, 0) is 11.3 Å². The van der Waals surface area contributed by atoms with Gasteiger partial charge >= 0.3 is 0 Å². The van der Waals surface area contributed by atoms with Crippen molar-refractivity contribution in [3.8, 4) is 5.75 Å². The Bertz CT molecular complexity index is 1000. The zero-order chi connectivity index (χ0) is 19.7. The molecule has 0 amide bonds. The van der Waals surface area contributed by atoms with E-state index in [0.717, 1.165) is 49.6 Å². The summed E-state index contributed by atoms with van der Waals surface area (Å²) in [4.78, 5) is 17.1. The van der Waals surface area contributed by atoms with Crippen LogP contribution in [0.4, 0.5) is 4.39 Å². The van der Waals surface area contributed by atoms with Gasteiger partial charge < -0.3 is 14.0 Å². The highest BCUT2D eigenvalue weighted by Crippen LogP contribution is 2.32. The van der Waals surface area contributed by atoms with Gasteiger partial charge in [-0.05, 0) is 31.2 Å². The van der Waals surface area contributed by atoms with Crippen molar-refractivity contribution in [1.29, 1.82) is 0 Å². The first kappa shape index (κ1) is 19.1. The second-order valence-corrected chi connectivity index (χ2v) is 7.97. The maximum absolute atomic E-state index is 13.4. The van der Waals surface area contributed by atoms with Gasteiger partial charge in [0.15, 0.2) is 0 Å². The molecular formula is C21H23FN2O3S. The lowest BCUT2D eigenvalue weighted by atomic mass is 10.1. The minimum atomic E-state index is -0.421. The van der Waals surface area contributed by atoms with E-state index in [1.807, 2.05) is 6.07 Å². The molecule has 5 nitrogen and oxygen atoms in total. The van der Waals surface area contributed by atoms with Crippen molar-refractivity contribution < 1.29 is 18.7 Å². The van der Waals surface area contributed by atoms with Crippen molar-refractivity contribution in [3.63, 3.8) is 0 Å². The van der Waals surface area contributed by atoms with Gasteiger partial charge in [-0.15, -0.1) is 11.3 Å². The number of thiophene rings is 1. The summed E-state index contributed by atoms with van der Waals surface area (Å²) in [5.41, 5.74) is 1.57. The molecule has 0 unspecified atom stereocenters. The maximum atomic E-state index is 13.4. The number of aryl methyl sites for hydroxylation is 1. The van der Waals surface area contributed by atoms with Gasteiger partial charge in [0, 0.05) is 43.3 Å². The Hall–Kier alpha value is -2.22. The minimum absolute atomic E-state index is 0.143. The molecular weight excluding hydrogens is 379 g/mol. The second-order valence-electron chi connectivity index (χ2n) is 6.94. The van der Waals surface area contributed by atoms with Crippen LogP contribution in [-0.4, -0.2) is 55.2 Å². The highest BCUT2D eigenvalue weighted by Gasteiger charge is 2.20. The van der Waals surface area contributed by atoms with Crippen molar-refractivity contribution in [2.45, 2.75) is 13.5 Å². The van der Waals surface area contributed by atoms with Crippen LogP contribution in [0.2, 0.25) is 0 Å². The van der Waals surface area contributed by atoms with E-state index < -0.39 is 5.82 Å². The number of hydrogen-bond donors (Lipinski definition) is 0. The minimum Gasteiger partial charge on any atom is -0.496 e. The third-order valence-corrected chi connectivity index (χ3v) is 6.32. The van der Waals surface area contributed by atoms with E-state index in [-0.39, 0.29) is 11.5 Å². The van der Waals surface area contributed by atoms with Gasteiger partial charge in [0.05, 0.1) is 30.8 Å². The van der Waals surface area contributed by atoms with Gasteiger partial charge in [-0.1, -0.05) is 0 Å². The number of nitrogens with zero attached hydrogens (tertiary/aromatic N) is 2. The van der Waals surface area contributed by atoms with Crippen molar-refractivity contribution in [3.05, 3.63) is 52.3 Å². The summed E-state index contributed by atoms with van der Waals surface area (Å²) in [7, 11) is 1.44. The Kier molecular flexibility index (Phi) is 5.48. The van der Waals surface area contributed by atoms with Crippen molar-refractivity contribution >= 4 is 27.3 Å². The topological polar surface area (TPSA) is 43.7 Å². The summed E-state index contributed by atoms with van der Waals surface area (Å²) in [6.45, 7) is 7.43. The lowest BCUT2D eigenvalue weighted by Crippen LogP contribution is -2.38. The summed E-state index contributed by atoms with van der Waals surface area (Å²) >= 11 is 1.48. The summed E-state index contributed by atoms with van der Waals surface area (Å²) in [5, 5.41) is 1.06. The monoisotopic (exact) mass is 402 g/mol. The van der Waals surface area contributed by atoms with E-state index in [1.54, 1.807) is 0 Å². The average Bonchev–Trinajstić information content (AvgIpc) is 3.23. The molecule has 0 bridgehead atoms. The fourth-order valence-electron chi connectivity index (χ4n) is 3.61. The molecule has 2 aromatic heterocycles. The molecule has 0 saturated carbocycles. The number of fused-ring (bicyclic) bond motifs is 1. The second kappa shape index (κ2) is 8.03. The molecule has 3 heterocycles. The molecule has 3 aromatic rings. The first-order valence-electron chi connectivity index (χ1n) is 9.35. The van der Waals surface area contributed by atoms with Crippen LogP contribution in [0.1, 0.15) is 20.9 Å². The number of hydrogen-bond acceptors (Lipinski definition) is 5. The molecule has 0 spiro atoms. The van der Waals surface area contributed by atoms with E-state index in [0.29, 0.717) is 10.4 Å². The maximum Gasteiger partial charge on any atom is 0.206 e. The molecule has 0 N–H and O–H groups in total. The third-order valence-electron chi connectivity index (χ3n) is 5.15. The molecule has 1 aliphatic heterocycles. The predicted octanol–water partition coefficient (Wildman–Crippen LogP) is 3.72. The molecule has 28 heavy (non-hydrogen) atoms. The van der Waals surface area contributed by atoms with Crippen LogP contribution in [0.25, 0.3) is 10.2 Å². The van der Waals surface area contributed by atoms with Crippen LogP contribution in [0.15, 0.2) is 30.3 Å². The molecule has 148 valence electrons. The Labute approximate surface area is 167 Å². The van der Waals surface area contributed by atoms with Crippen LogP contribution in [0.5, 0.6) is 5.75 Å². The number of carbonyl (C=O) groups excluding carboxylic acids is 1. The van der Waals surface area contributed by atoms with E-state index >= 15 is 0 Å². The fraction of sp³-hybridized carbons (Fsp3) is 0.381. The molecule has 1 fully saturated rings. The number of benzene rings is 1. The number of aromatic nitrogens is 1. The normalized spacial score (nSPS) is 15.2. The Balaban J connectivity index is 1.59. The Morgan fingerprint density at radius 1 is 1.21 bits per heavy atom. The lowest BCUT2D eigenvalue weighted by molar-refractivity contribution is 0.0365. The van der Waals surface area contributed by atoms with Gasteiger partial charge in [-0.2, -0.15) is 0 Å². The molecule has 7 heteroatoms. The molecule has 1 aliphatic rings. The average molecular weight is 402 g/mol. The predicted molar refractivity (Wildman–Crippen MR) is 108 cm³/mol. The van der Waals surface area contributed by atoms with Crippen LogP contribution < -0.4 is 4.74 Å². The highest BCUT2D eigenvalue weighted by molar-refractivity contribution is 7.20. The van der Waals surface area contributed by atoms with E-state index in [2.05, 4.69) is 22.5 Å². The number of ketones is 1. The van der Waals surface area contributed by atoms with Crippen molar-refractivity contribution in [1.82, 2.24) is 9.47 Å². The Morgan fingerprint density at radius 2 is 2.00 bits per heavy atom. The van der Waals surface area contributed by atoms with Crippen LogP contribution in [0, 0.1) is 12.7 Å². The fourth-order valence-corrected chi connectivity index (χ4v) is 4.79. The first-order valence-corrected chi connectivity index (χ1v) is 10.2. The number of methoxy groups -OCH3 is 1. The number of carbonyl (C=O) groups is 1. The number of halogens is 1. The van der Waals surface area contributed by atoms with Crippen molar-refractivity contribution in [2.75, 3.05) is 40.0 Å². The summed E-state index contributed by atoms with van der Waals surface area (Å²) in [6.07, 6.45) is 0. The van der Waals surface area contributed by atoms with Gasteiger partial charge in [-0.3, -0.25) is 9.69 Å². The van der Waals surface area contributed by atoms with Gasteiger partial charge in [0.2, 0.25) is 5.78 Å². The van der Waals surface area contributed by atoms with Gasteiger partial charge in [0.1, 0.15) is 16.4 Å². The summed E-state index contributed by atoms with van der Waals surface area (Å²) < 4.78 is 26.3. The van der Waals surface area contributed by atoms with Gasteiger partial charge in [0.25, 0.3) is 0 Å². The number of rotatable bonds is 6. The summed E-state index contributed by atoms with van der Waals surface area (Å²) in [5.74, 6) is -0.306. The van der Waals surface area contributed by atoms with Crippen LogP contribution >= 0.6 is 11.3 Å². The van der Waals surface area contributed by atoms with Crippen LogP contribution in [0.3, 0.4) is 0 Å². The zero-order valence-electron chi connectivity index (χ0n) is 16.0. The highest BCUT2D eigenvalue weighted by atomic mass is 32.1. The molecule has 4 rings (SSSR count). The molecule has 1 saturated heterocycles. The molecule has 0 aliphatic carbocycles. The lowest BCUT2D eigenvalue weighted by Gasteiger charge is -2.26. The van der Waals surface area contributed by atoms with E-state index in [4.69, 9.17) is 9.47 Å². The largest absolute Gasteiger partial charge is 0.496 e. The smallest absolute Gasteiger partial charge is 0.206 e. The molecule has 1 aromatic carbocycles. The third kappa shape index (κ3) is 3.70. The van der Waals surface area contributed by atoms with E-state index in [1.165, 1.54) is 42.3 Å². The zero-order valence-corrected chi connectivity index (χ0v) is 16.9. The SMILES string of the molecule is COc1cc(F)ccc1C(=O)c1cc2cc(C)n(CCN3CCOCC3)c2s1. The number of ether oxygens (including phenoxy) is 2. The molecule has 0 radical (unpaired) electrons. The van der Waals surface area contributed by atoms with Gasteiger partial charge in [-0.25, -0.2) is 4.39 Å². The van der Waals surface area contributed by atoms with E-state index in [9.17, 15) is 9.18 Å². The quantitative estimate of drug-likeness (QED) is 0.590. The molecule has 0 atom stereocenters. The van der Waals surface area contributed by atoms with Crippen molar-refractivity contribution in [2.24, 2.45) is 0 Å². The summed E-state index contributed by atoms with van der Waals surface area (Å²) in [6, 6.07) is 8.05. The Morgan fingerprint density at radius 3 is 2.75 bits per heavy atom. The first-order chi connectivity index (χ1) is 13.6. The standard InChI is InChI=1S/C21H23FN2O3S/c1-14-11-15-12-19(20(25)17-4-3-16(22)13-18(17)26-2)28-21(15)24(14)6-5-23-7-9-27-10-8-23/h3-4,11-13H,5-10H2,1-2H3.